The number of aliphatic hydroxyl groups is 1. The van der Waals surface area contributed by atoms with Crippen molar-refractivity contribution in [2.75, 3.05) is 32.0 Å². The molecule has 7 nitrogen and oxygen atoms in total. The van der Waals surface area contributed by atoms with Gasteiger partial charge in [0.2, 0.25) is 0 Å². The monoisotopic (exact) mass is 539 g/mol. The number of benzene rings is 1. The number of sulfone groups is 1. The fraction of sp³-hybridized carbons (Fsp3) is 0.389. The smallest absolute Gasteiger partial charge is 0.191 e. The van der Waals surface area contributed by atoms with Gasteiger partial charge in [0.05, 0.1) is 24.9 Å². The summed E-state index contributed by atoms with van der Waals surface area (Å²) in [7, 11) is -3.49. The van der Waals surface area contributed by atoms with E-state index in [1.54, 1.807) is 11.4 Å². The first-order valence-electron chi connectivity index (χ1n) is 8.65. The Kier molecular flexibility index (Phi) is 11.4. The summed E-state index contributed by atoms with van der Waals surface area (Å²) in [4.78, 5) is 4.25. The van der Waals surface area contributed by atoms with Crippen LogP contribution in [0, 0.1) is 0 Å². The van der Waals surface area contributed by atoms with Crippen LogP contribution in [0.2, 0.25) is 0 Å². The minimum absolute atomic E-state index is 0. The highest BCUT2D eigenvalue weighted by Crippen LogP contribution is 2.18. The quantitative estimate of drug-likeness (QED) is 0.185. The van der Waals surface area contributed by atoms with E-state index in [4.69, 9.17) is 4.74 Å². The first kappa shape index (κ1) is 24.7. The highest BCUT2D eigenvalue weighted by Gasteiger charge is 2.20. The molecule has 0 saturated carbocycles. The molecule has 1 heterocycles. The number of ether oxygens (including phenoxy) is 1. The van der Waals surface area contributed by atoms with Crippen molar-refractivity contribution >= 4 is 51.1 Å². The van der Waals surface area contributed by atoms with Crippen molar-refractivity contribution in [2.45, 2.75) is 17.2 Å². The van der Waals surface area contributed by atoms with E-state index in [0.717, 1.165) is 17.1 Å². The van der Waals surface area contributed by atoms with Crippen LogP contribution in [0.5, 0.6) is 5.75 Å². The van der Waals surface area contributed by atoms with Gasteiger partial charge in [-0.15, -0.1) is 35.3 Å². The van der Waals surface area contributed by atoms with Crippen molar-refractivity contribution in [3.05, 3.63) is 47.8 Å². The third kappa shape index (κ3) is 8.76. The summed E-state index contributed by atoms with van der Waals surface area (Å²) in [6, 6.07) is 12.7. The summed E-state index contributed by atoms with van der Waals surface area (Å²) in [6.45, 7) is 3.53. The van der Waals surface area contributed by atoms with E-state index in [2.05, 4.69) is 15.6 Å². The van der Waals surface area contributed by atoms with Crippen LogP contribution in [0.1, 0.15) is 6.92 Å². The van der Waals surface area contributed by atoms with Gasteiger partial charge in [-0.25, -0.2) is 8.42 Å². The van der Waals surface area contributed by atoms with Crippen molar-refractivity contribution in [2.24, 2.45) is 4.99 Å². The molecule has 1 aromatic carbocycles. The van der Waals surface area contributed by atoms with Gasteiger partial charge in [0.15, 0.2) is 15.8 Å². The summed E-state index contributed by atoms with van der Waals surface area (Å²) in [5.74, 6) is 0.935. The minimum atomic E-state index is -3.49. The molecule has 1 atom stereocenters. The SMILES string of the molecule is CCNC(=NCC(O)CS(=O)(=O)c1cccs1)NCCOc1ccccc1.I. The van der Waals surface area contributed by atoms with Crippen LogP contribution >= 0.6 is 35.3 Å². The fourth-order valence-corrected chi connectivity index (χ4v) is 4.69. The summed E-state index contributed by atoms with van der Waals surface area (Å²) in [5, 5.41) is 17.9. The number of aliphatic imine (C=N–C) groups is 1. The van der Waals surface area contributed by atoms with Gasteiger partial charge in [0, 0.05) is 6.54 Å². The summed E-state index contributed by atoms with van der Waals surface area (Å²) in [6.07, 6.45) is -1.08. The molecule has 28 heavy (non-hydrogen) atoms. The molecule has 0 fully saturated rings. The number of aliphatic hydroxyl groups excluding tert-OH is 1. The molecule has 0 bridgehead atoms. The van der Waals surface area contributed by atoms with Gasteiger partial charge in [0.25, 0.3) is 0 Å². The van der Waals surface area contributed by atoms with Gasteiger partial charge >= 0.3 is 0 Å². The maximum Gasteiger partial charge on any atom is 0.191 e. The second-order valence-electron chi connectivity index (χ2n) is 5.68. The standard InChI is InChI=1S/C18H25N3O4S2.HI/c1-2-19-18(20-10-11-25-16-7-4-3-5-8-16)21-13-15(22)14-27(23,24)17-9-6-12-26-17;/h3-9,12,15,22H,2,10-11,13-14H2,1H3,(H2,19,20,21);1H. The van der Waals surface area contributed by atoms with Crippen molar-refractivity contribution < 1.29 is 18.3 Å². The van der Waals surface area contributed by atoms with Crippen LogP contribution in [-0.2, 0) is 9.84 Å². The number of halogens is 1. The molecule has 1 unspecified atom stereocenters. The predicted octanol–water partition coefficient (Wildman–Crippen LogP) is 2.13. The maximum atomic E-state index is 12.2. The first-order valence-corrected chi connectivity index (χ1v) is 11.2. The summed E-state index contributed by atoms with van der Waals surface area (Å²) < 4.78 is 30.2. The third-order valence-corrected chi connectivity index (χ3v) is 6.71. The Balaban J connectivity index is 0.00000392. The van der Waals surface area contributed by atoms with Gasteiger partial charge in [0.1, 0.15) is 16.6 Å². The zero-order valence-corrected chi connectivity index (χ0v) is 19.5. The van der Waals surface area contributed by atoms with E-state index in [-0.39, 0.29) is 40.5 Å². The van der Waals surface area contributed by atoms with Gasteiger partial charge in [-0.3, -0.25) is 4.99 Å². The molecule has 10 heteroatoms. The molecule has 0 spiro atoms. The van der Waals surface area contributed by atoms with E-state index in [1.807, 2.05) is 37.3 Å². The molecule has 156 valence electrons. The Labute approximate surface area is 187 Å². The highest BCUT2D eigenvalue weighted by atomic mass is 127. The Bertz CT molecular complexity index is 800. The summed E-state index contributed by atoms with van der Waals surface area (Å²) >= 11 is 1.14. The normalized spacial score (nSPS) is 12.7. The fourth-order valence-electron chi connectivity index (χ4n) is 2.22. The molecule has 0 radical (unpaired) electrons. The Morgan fingerprint density at radius 3 is 2.61 bits per heavy atom. The highest BCUT2D eigenvalue weighted by molar-refractivity contribution is 14.0. The number of hydrogen-bond acceptors (Lipinski definition) is 6. The average Bonchev–Trinajstić information content (AvgIpc) is 3.19. The number of rotatable bonds is 10. The van der Waals surface area contributed by atoms with Crippen molar-refractivity contribution in [3.8, 4) is 5.75 Å². The number of thiophene rings is 1. The second-order valence-corrected chi connectivity index (χ2v) is 8.88. The van der Waals surface area contributed by atoms with Gasteiger partial charge in [-0.2, -0.15) is 0 Å². The van der Waals surface area contributed by atoms with Gasteiger partial charge < -0.3 is 20.5 Å². The van der Waals surface area contributed by atoms with Crippen LogP contribution in [0.4, 0.5) is 0 Å². The van der Waals surface area contributed by atoms with E-state index in [1.165, 1.54) is 6.07 Å². The number of nitrogens with zero attached hydrogens (tertiary/aromatic N) is 1. The molecule has 0 aliphatic heterocycles. The molecule has 2 aromatic rings. The predicted molar refractivity (Wildman–Crippen MR) is 124 cm³/mol. The topological polar surface area (TPSA) is 100 Å². The molecular weight excluding hydrogens is 513 g/mol. The molecule has 3 N–H and O–H groups in total. The van der Waals surface area contributed by atoms with Crippen molar-refractivity contribution in [3.63, 3.8) is 0 Å². The lowest BCUT2D eigenvalue weighted by Crippen LogP contribution is -2.40. The molecule has 1 aromatic heterocycles. The third-order valence-electron chi connectivity index (χ3n) is 3.42. The van der Waals surface area contributed by atoms with E-state index in [0.29, 0.717) is 25.7 Å². The average molecular weight is 539 g/mol. The lowest BCUT2D eigenvalue weighted by atomic mass is 10.3. The van der Waals surface area contributed by atoms with Crippen LogP contribution < -0.4 is 15.4 Å². The van der Waals surface area contributed by atoms with Gasteiger partial charge in [-0.05, 0) is 30.5 Å². The lowest BCUT2D eigenvalue weighted by molar-refractivity contribution is 0.206. The largest absolute Gasteiger partial charge is 0.492 e. The molecule has 0 aliphatic carbocycles. The molecule has 0 amide bonds. The molecule has 0 saturated heterocycles. The van der Waals surface area contributed by atoms with Crippen LogP contribution in [0.3, 0.4) is 0 Å². The van der Waals surface area contributed by atoms with Crippen LogP contribution in [0.25, 0.3) is 0 Å². The number of nitrogens with one attached hydrogen (secondary N) is 2. The number of para-hydroxylation sites is 1. The molecular formula is C18H26IN3O4S2. The number of hydrogen-bond donors (Lipinski definition) is 3. The van der Waals surface area contributed by atoms with Crippen molar-refractivity contribution in [1.82, 2.24) is 10.6 Å². The molecule has 2 rings (SSSR count). The van der Waals surface area contributed by atoms with E-state index in [9.17, 15) is 13.5 Å². The number of guanidine groups is 1. The maximum absolute atomic E-state index is 12.2. The van der Waals surface area contributed by atoms with E-state index >= 15 is 0 Å². The Morgan fingerprint density at radius 1 is 1.21 bits per heavy atom. The first-order chi connectivity index (χ1) is 13.0. The van der Waals surface area contributed by atoms with E-state index < -0.39 is 15.9 Å². The zero-order chi connectivity index (χ0) is 19.5. The summed E-state index contributed by atoms with van der Waals surface area (Å²) in [5.41, 5.74) is 0. The van der Waals surface area contributed by atoms with Crippen LogP contribution in [0.15, 0.2) is 57.0 Å². The molecule has 0 aliphatic rings. The minimum Gasteiger partial charge on any atom is -0.492 e. The Morgan fingerprint density at radius 2 is 1.96 bits per heavy atom. The van der Waals surface area contributed by atoms with Crippen molar-refractivity contribution in [1.29, 1.82) is 0 Å². The van der Waals surface area contributed by atoms with Crippen LogP contribution in [-0.4, -0.2) is 57.6 Å². The Hall–Kier alpha value is -1.37. The lowest BCUT2D eigenvalue weighted by Gasteiger charge is -2.13. The second kappa shape index (κ2) is 13.0. The zero-order valence-electron chi connectivity index (χ0n) is 15.6. The van der Waals surface area contributed by atoms with Gasteiger partial charge in [-0.1, -0.05) is 24.3 Å².